The monoisotopic (exact) mass is 339 g/mol. The quantitative estimate of drug-likeness (QED) is 0.888. The Balaban J connectivity index is 2.30. The highest BCUT2D eigenvalue weighted by atomic mass is 79.9. The van der Waals surface area contributed by atoms with Gasteiger partial charge in [0.15, 0.2) is 0 Å². The van der Waals surface area contributed by atoms with E-state index in [1.807, 2.05) is 54.3 Å². The van der Waals surface area contributed by atoms with Gasteiger partial charge in [-0.1, -0.05) is 18.2 Å². The molecule has 0 saturated carbocycles. The van der Waals surface area contributed by atoms with E-state index < -0.39 is 5.97 Å². The van der Waals surface area contributed by atoms with E-state index in [9.17, 15) is 4.79 Å². The Kier molecular flexibility index (Phi) is 4.61. The van der Waals surface area contributed by atoms with Gasteiger partial charge in [-0.25, -0.2) is 0 Å². The van der Waals surface area contributed by atoms with E-state index in [-0.39, 0.29) is 12.6 Å². The van der Waals surface area contributed by atoms with E-state index in [4.69, 9.17) is 5.11 Å². The number of carboxylic acid groups (broad SMARTS) is 1. The molecule has 5 heteroatoms. The molecule has 19 heavy (non-hydrogen) atoms. The van der Waals surface area contributed by atoms with Gasteiger partial charge in [0.1, 0.15) is 6.54 Å². The largest absolute Gasteiger partial charge is 0.480 e. The molecule has 0 bridgehead atoms. The highest BCUT2D eigenvalue weighted by Crippen LogP contribution is 2.33. The van der Waals surface area contributed by atoms with E-state index in [1.54, 1.807) is 11.3 Å². The maximum absolute atomic E-state index is 11.1. The second-order valence-corrected chi connectivity index (χ2v) is 6.67. The van der Waals surface area contributed by atoms with Gasteiger partial charge in [-0.15, -0.1) is 11.3 Å². The molecule has 1 aromatic heterocycles. The second-order valence-electron chi connectivity index (χ2n) is 4.18. The lowest BCUT2D eigenvalue weighted by molar-refractivity contribution is -0.135. The van der Waals surface area contributed by atoms with Crippen molar-refractivity contribution in [3.63, 3.8) is 0 Å². The smallest absolute Gasteiger partial charge is 0.323 e. The molecule has 3 nitrogen and oxygen atoms in total. The molecule has 0 fully saturated rings. The number of carbonyl (C=O) groups is 1. The van der Waals surface area contributed by atoms with Crippen LogP contribution < -0.4 is 4.90 Å². The number of aliphatic carboxylic acids is 1. The third kappa shape index (κ3) is 3.58. The first-order valence-electron chi connectivity index (χ1n) is 5.86. The average molecular weight is 340 g/mol. The molecule has 0 saturated heterocycles. The average Bonchev–Trinajstić information content (AvgIpc) is 2.83. The number of hydrogen-bond donors (Lipinski definition) is 1. The van der Waals surface area contributed by atoms with Crippen molar-refractivity contribution < 1.29 is 9.90 Å². The zero-order valence-corrected chi connectivity index (χ0v) is 12.8. The molecule has 1 unspecified atom stereocenters. The topological polar surface area (TPSA) is 40.5 Å². The number of carboxylic acids is 1. The molecule has 1 aromatic carbocycles. The fourth-order valence-corrected chi connectivity index (χ4v) is 3.41. The van der Waals surface area contributed by atoms with Crippen LogP contribution in [0.3, 0.4) is 0 Å². The van der Waals surface area contributed by atoms with Crippen LogP contribution in [0, 0.1) is 0 Å². The number of para-hydroxylation sites is 1. The lowest BCUT2D eigenvalue weighted by Gasteiger charge is -2.29. The Labute approximate surface area is 124 Å². The van der Waals surface area contributed by atoms with Gasteiger partial charge in [0.25, 0.3) is 0 Å². The molecular weight excluding hydrogens is 326 g/mol. The lowest BCUT2D eigenvalue weighted by Crippen LogP contribution is -2.31. The van der Waals surface area contributed by atoms with Crippen LogP contribution in [0.15, 0.2) is 46.3 Å². The number of anilines is 1. The van der Waals surface area contributed by atoms with Crippen LogP contribution in [0.1, 0.15) is 17.8 Å². The predicted octanol–water partition coefficient (Wildman–Crippen LogP) is 4.16. The summed E-state index contributed by atoms with van der Waals surface area (Å²) in [7, 11) is 0. The summed E-state index contributed by atoms with van der Waals surface area (Å²) < 4.78 is 1.05. The van der Waals surface area contributed by atoms with Crippen molar-refractivity contribution >= 4 is 38.9 Å². The Morgan fingerprint density at radius 1 is 1.32 bits per heavy atom. The van der Waals surface area contributed by atoms with E-state index in [0.717, 1.165) is 14.4 Å². The Morgan fingerprint density at radius 3 is 2.53 bits per heavy atom. The number of rotatable bonds is 5. The molecule has 1 atom stereocenters. The summed E-state index contributed by atoms with van der Waals surface area (Å²) in [5, 5.41) is 9.10. The molecule has 0 spiro atoms. The maximum Gasteiger partial charge on any atom is 0.323 e. The number of benzene rings is 1. The van der Waals surface area contributed by atoms with Crippen molar-refractivity contribution in [2.75, 3.05) is 11.4 Å². The van der Waals surface area contributed by atoms with Crippen LogP contribution in [0.25, 0.3) is 0 Å². The summed E-state index contributed by atoms with van der Waals surface area (Å²) >= 11 is 5.07. The van der Waals surface area contributed by atoms with Crippen LogP contribution in [-0.4, -0.2) is 17.6 Å². The van der Waals surface area contributed by atoms with Gasteiger partial charge in [-0.2, -0.15) is 0 Å². The van der Waals surface area contributed by atoms with Gasteiger partial charge in [0.2, 0.25) is 0 Å². The summed E-state index contributed by atoms with van der Waals surface area (Å²) in [6.45, 7) is 2.01. The van der Waals surface area contributed by atoms with Crippen molar-refractivity contribution in [1.29, 1.82) is 0 Å². The Morgan fingerprint density at radius 2 is 2.00 bits per heavy atom. The van der Waals surface area contributed by atoms with Crippen LogP contribution in [-0.2, 0) is 4.79 Å². The minimum Gasteiger partial charge on any atom is -0.480 e. The predicted molar refractivity (Wildman–Crippen MR) is 81.9 cm³/mol. The zero-order chi connectivity index (χ0) is 13.8. The summed E-state index contributed by atoms with van der Waals surface area (Å²) in [6.07, 6.45) is 0. The summed E-state index contributed by atoms with van der Waals surface area (Å²) in [5.74, 6) is -0.827. The van der Waals surface area contributed by atoms with E-state index in [2.05, 4.69) is 15.9 Å². The van der Waals surface area contributed by atoms with Crippen LogP contribution in [0.5, 0.6) is 0 Å². The molecule has 1 N–H and O–H groups in total. The minimum atomic E-state index is -0.827. The molecule has 1 heterocycles. The number of thiophene rings is 1. The van der Waals surface area contributed by atoms with Crippen molar-refractivity contribution in [3.8, 4) is 0 Å². The third-order valence-corrected chi connectivity index (χ3v) is 4.66. The summed E-state index contributed by atoms with van der Waals surface area (Å²) in [5.41, 5.74) is 0.918. The van der Waals surface area contributed by atoms with Crippen molar-refractivity contribution in [2.24, 2.45) is 0 Å². The fraction of sp³-hybridized carbons (Fsp3) is 0.214. The van der Waals surface area contributed by atoms with E-state index in [0.29, 0.717) is 0 Å². The van der Waals surface area contributed by atoms with Crippen molar-refractivity contribution in [2.45, 2.75) is 13.0 Å². The summed E-state index contributed by atoms with van der Waals surface area (Å²) in [4.78, 5) is 14.1. The molecule has 0 amide bonds. The van der Waals surface area contributed by atoms with E-state index in [1.165, 1.54) is 0 Å². The minimum absolute atomic E-state index is 0.0132. The third-order valence-electron chi connectivity index (χ3n) is 2.87. The number of hydrogen-bond acceptors (Lipinski definition) is 3. The SMILES string of the molecule is CC(c1ccc(Br)s1)N(CC(=O)O)c1ccccc1. The lowest BCUT2D eigenvalue weighted by atomic mass is 10.2. The van der Waals surface area contributed by atoms with Gasteiger partial charge in [-0.05, 0) is 47.1 Å². The molecule has 2 aromatic rings. The molecule has 0 aliphatic heterocycles. The maximum atomic E-state index is 11.1. The van der Waals surface area contributed by atoms with Crippen molar-refractivity contribution in [1.82, 2.24) is 0 Å². The molecule has 100 valence electrons. The molecular formula is C14H14BrNO2S. The fourth-order valence-electron chi connectivity index (χ4n) is 1.92. The normalized spacial score (nSPS) is 12.1. The second kappa shape index (κ2) is 6.21. The van der Waals surface area contributed by atoms with Gasteiger partial charge in [0.05, 0.1) is 9.83 Å². The highest BCUT2D eigenvalue weighted by molar-refractivity contribution is 9.11. The molecule has 0 radical (unpaired) electrons. The van der Waals surface area contributed by atoms with Crippen molar-refractivity contribution in [3.05, 3.63) is 51.1 Å². The first kappa shape index (κ1) is 14.1. The van der Waals surface area contributed by atoms with Crippen LogP contribution in [0.4, 0.5) is 5.69 Å². The first-order chi connectivity index (χ1) is 9.08. The van der Waals surface area contributed by atoms with E-state index >= 15 is 0 Å². The van der Waals surface area contributed by atoms with Crippen LogP contribution in [0.2, 0.25) is 0 Å². The first-order valence-corrected chi connectivity index (χ1v) is 7.47. The molecule has 0 aliphatic carbocycles. The Hall–Kier alpha value is -1.33. The summed E-state index contributed by atoms with van der Waals surface area (Å²) in [6, 6.07) is 13.7. The van der Waals surface area contributed by atoms with Gasteiger partial charge in [-0.3, -0.25) is 4.79 Å². The van der Waals surface area contributed by atoms with Crippen LogP contribution >= 0.6 is 27.3 Å². The zero-order valence-electron chi connectivity index (χ0n) is 10.4. The molecule has 0 aliphatic rings. The Bertz CT molecular complexity index is 556. The number of nitrogens with zero attached hydrogens (tertiary/aromatic N) is 1. The highest BCUT2D eigenvalue weighted by Gasteiger charge is 2.20. The van der Waals surface area contributed by atoms with Gasteiger partial charge in [0, 0.05) is 10.6 Å². The molecule has 2 rings (SSSR count). The number of halogens is 1. The van der Waals surface area contributed by atoms with Gasteiger partial charge >= 0.3 is 5.97 Å². The van der Waals surface area contributed by atoms with Gasteiger partial charge < -0.3 is 10.0 Å². The standard InChI is InChI=1S/C14H14BrNO2S/c1-10(12-7-8-13(15)19-12)16(9-14(17)18)11-5-3-2-4-6-11/h2-8,10H,9H2,1H3,(H,17,18).